The van der Waals surface area contributed by atoms with E-state index in [2.05, 4.69) is 28.9 Å². The third-order valence-corrected chi connectivity index (χ3v) is 2.35. The minimum Gasteiger partial charge on any atom is -0.303 e. The van der Waals surface area contributed by atoms with Crippen molar-refractivity contribution in [1.82, 2.24) is 4.90 Å². The van der Waals surface area contributed by atoms with Crippen LogP contribution in [0.3, 0.4) is 0 Å². The summed E-state index contributed by atoms with van der Waals surface area (Å²) in [4.78, 5) is 5.08. The molecule has 0 radical (unpaired) electrons. The number of hydrogen-bond acceptors (Lipinski definition) is 2. The third kappa shape index (κ3) is 1.85. The zero-order valence-corrected chi connectivity index (χ0v) is 7.06. The van der Waals surface area contributed by atoms with Gasteiger partial charge in [0, 0.05) is 17.5 Å². The summed E-state index contributed by atoms with van der Waals surface area (Å²) >= 11 is 0. The van der Waals surface area contributed by atoms with Crippen LogP contribution in [-0.4, -0.2) is 30.6 Å². The molecule has 1 aliphatic heterocycles. The highest BCUT2D eigenvalue weighted by atomic mass is 15.2. The van der Waals surface area contributed by atoms with Crippen LogP contribution >= 0.6 is 0 Å². The lowest BCUT2D eigenvalue weighted by Gasteiger charge is -2.15. The normalized spacial score (nSPS) is 31.8. The van der Waals surface area contributed by atoms with Gasteiger partial charge < -0.3 is 4.90 Å². The molecule has 2 atom stereocenters. The molecule has 0 unspecified atom stereocenters. The number of likely N-dealkylation sites (N-methyl/N-ethyl adjacent to an activating group) is 1. The first-order valence-electron chi connectivity index (χ1n) is 4.02. The van der Waals surface area contributed by atoms with Crippen LogP contribution in [0.2, 0.25) is 0 Å². The van der Waals surface area contributed by atoms with Gasteiger partial charge in [0.1, 0.15) is 0 Å². The Kier molecular flexibility index (Phi) is 2.74. The fourth-order valence-electron chi connectivity index (χ4n) is 1.69. The first-order chi connectivity index (χ1) is 5.27. The lowest BCUT2D eigenvalue weighted by Crippen LogP contribution is -2.23. The van der Waals surface area contributed by atoms with Crippen LogP contribution in [0.1, 0.15) is 19.8 Å². The Hall–Kier alpha value is -0.730. The summed E-state index contributed by atoms with van der Waals surface area (Å²) in [5.41, 5.74) is 8.21. The monoisotopic (exact) mass is 154 g/mol. The fourth-order valence-corrected chi connectivity index (χ4v) is 1.69. The van der Waals surface area contributed by atoms with Crippen molar-refractivity contribution < 1.29 is 0 Å². The van der Waals surface area contributed by atoms with Gasteiger partial charge in [0.05, 0.1) is 6.04 Å². The molecular formula is C7H14N4. The second kappa shape index (κ2) is 3.60. The lowest BCUT2D eigenvalue weighted by atomic mass is 10.1. The highest BCUT2D eigenvalue weighted by Crippen LogP contribution is 2.20. The number of hydrogen-bond donors (Lipinski definition) is 0. The van der Waals surface area contributed by atoms with Crippen LogP contribution in [0.4, 0.5) is 0 Å². The minimum absolute atomic E-state index is 0.204. The van der Waals surface area contributed by atoms with E-state index in [1.165, 1.54) is 0 Å². The Morgan fingerprint density at radius 3 is 2.91 bits per heavy atom. The quantitative estimate of drug-likeness (QED) is 0.340. The van der Waals surface area contributed by atoms with Gasteiger partial charge in [0.25, 0.3) is 0 Å². The molecule has 4 heteroatoms. The van der Waals surface area contributed by atoms with Crippen molar-refractivity contribution in [3.63, 3.8) is 0 Å². The maximum atomic E-state index is 8.21. The molecule has 1 rings (SSSR count). The summed E-state index contributed by atoms with van der Waals surface area (Å²) in [6.45, 7) is 3.09. The standard InChI is InChI=1S/C7H14N4/c1-3-7-4-6(9-10-8)5-11(7)2/h6-7H,3-5H2,1-2H3/t6-,7-/m1/s1. The molecule has 0 saturated carbocycles. The Bertz CT molecular complexity index is 173. The van der Waals surface area contributed by atoms with Crippen LogP contribution in [0.25, 0.3) is 10.4 Å². The average molecular weight is 154 g/mol. The van der Waals surface area contributed by atoms with Gasteiger partial charge in [-0.15, -0.1) is 0 Å². The van der Waals surface area contributed by atoms with E-state index in [1.807, 2.05) is 0 Å². The van der Waals surface area contributed by atoms with E-state index in [-0.39, 0.29) is 6.04 Å². The molecule has 62 valence electrons. The zero-order chi connectivity index (χ0) is 8.27. The average Bonchev–Trinajstić information content (AvgIpc) is 2.32. The smallest absolute Gasteiger partial charge is 0.0516 e. The Labute approximate surface area is 66.8 Å². The Balaban J connectivity index is 2.48. The maximum absolute atomic E-state index is 8.21. The maximum Gasteiger partial charge on any atom is 0.0516 e. The Morgan fingerprint density at radius 2 is 2.45 bits per heavy atom. The van der Waals surface area contributed by atoms with Crippen molar-refractivity contribution >= 4 is 0 Å². The highest BCUT2D eigenvalue weighted by molar-refractivity contribution is 4.86. The molecule has 0 amide bonds. The summed E-state index contributed by atoms with van der Waals surface area (Å²) in [7, 11) is 2.08. The molecule has 1 saturated heterocycles. The van der Waals surface area contributed by atoms with Crippen molar-refractivity contribution in [2.45, 2.75) is 31.8 Å². The van der Waals surface area contributed by atoms with Crippen LogP contribution in [-0.2, 0) is 0 Å². The molecule has 0 aromatic rings. The highest BCUT2D eigenvalue weighted by Gasteiger charge is 2.26. The van der Waals surface area contributed by atoms with Crippen LogP contribution in [0.5, 0.6) is 0 Å². The molecular weight excluding hydrogens is 140 g/mol. The lowest BCUT2D eigenvalue weighted by molar-refractivity contribution is 0.303. The van der Waals surface area contributed by atoms with E-state index in [9.17, 15) is 0 Å². The van der Waals surface area contributed by atoms with Crippen molar-refractivity contribution in [3.05, 3.63) is 10.4 Å². The number of likely N-dealkylation sites (tertiary alicyclic amines) is 1. The Morgan fingerprint density at radius 1 is 1.73 bits per heavy atom. The second-order valence-electron chi connectivity index (χ2n) is 3.10. The summed E-state index contributed by atoms with van der Waals surface area (Å²) < 4.78 is 0. The first kappa shape index (κ1) is 8.37. The van der Waals surface area contributed by atoms with Gasteiger partial charge in [-0.2, -0.15) is 0 Å². The molecule has 0 bridgehead atoms. The van der Waals surface area contributed by atoms with Crippen LogP contribution in [0.15, 0.2) is 5.11 Å². The van der Waals surface area contributed by atoms with Crippen molar-refractivity contribution in [3.8, 4) is 0 Å². The molecule has 1 heterocycles. The van der Waals surface area contributed by atoms with Gasteiger partial charge in [-0.1, -0.05) is 12.0 Å². The fraction of sp³-hybridized carbons (Fsp3) is 1.00. The third-order valence-electron chi connectivity index (χ3n) is 2.35. The molecule has 0 aromatic carbocycles. The predicted molar refractivity (Wildman–Crippen MR) is 44.3 cm³/mol. The second-order valence-corrected chi connectivity index (χ2v) is 3.10. The van der Waals surface area contributed by atoms with E-state index < -0.39 is 0 Å². The van der Waals surface area contributed by atoms with Gasteiger partial charge in [-0.3, -0.25) is 0 Å². The molecule has 0 aliphatic carbocycles. The first-order valence-corrected chi connectivity index (χ1v) is 4.02. The number of rotatable bonds is 2. The molecule has 1 aliphatic rings. The van der Waals surface area contributed by atoms with Crippen molar-refractivity contribution in [2.24, 2.45) is 5.11 Å². The molecule has 0 N–H and O–H groups in total. The van der Waals surface area contributed by atoms with Gasteiger partial charge >= 0.3 is 0 Å². The van der Waals surface area contributed by atoms with Gasteiger partial charge in [0.15, 0.2) is 0 Å². The van der Waals surface area contributed by atoms with Gasteiger partial charge in [-0.05, 0) is 25.4 Å². The van der Waals surface area contributed by atoms with Gasteiger partial charge in [0.2, 0.25) is 0 Å². The van der Waals surface area contributed by atoms with E-state index in [1.54, 1.807) is 0 Å². The van der Waals surface area contributed by atoms with E-state index >= 15 is 0 Å². The molecule has 0 aromatic heterocycles. The topological polar surface area (TPSA) is 52.0 Å². The molecule has 4 nitrogen and oxygen atoms in total. The van der Waals surface area contributed by atoms with E-state index in [0.29, 0.717) is 6.04 Å². The van der Waals surface area contributed by atoms with Gasteiger partial charge in [-0.25, -0.2) is 0 Å². The van der Waals surface area contributed by atoms with E-state index in [0.717, 1.165) is 19.4 Å². The largest absolute Gasteiger partial charge is 0.303 e. The minimum atomic E-state index is 0.204. The molecule has 1 fully saturated rings. The van der Waals surface area contributed by atoms with Crippen molar-refractivity contribution in [2.75, 3.05) is 13.6 Å². The van der Waals surface area contributed by atoms with Crippen LogP contribution in [0, 0.1) is 0 Å². The zero-order valence-electron chi connectivity index (χ0n) is 7.06. The summed E-state index contributed by atoms with van der Waals surface area (Å²) in [5, 5.41) is 3.71. The number of nitrogens with zero attached hydrogens (tertiary/aromatic N) is 4. The number of azide groups is 1. The predicted octanol–water partition coefficient (Wildman–Crippen LogP) is 1.78. The summed E-state index contributed by atoms with van der Waals surface area (Å²) in [5.74, 6) is 0. The van der Waals surface area contributed by atoms with Crippen LogP contribution < -0.4 is 0 Å². The van der Waals surface area contributed by atoms with E-state index in [4.69, 9.17) is 5.53 Å². The summed E-state index contributed by atoms with van der Waals surface area (Å²) in [6, 6.07) is 0.820. The van der Waals surface area contributed by atoms with Crippen molar-refractivity contribution in [1.29, 1.82) is 0 Å². The molecule has 11 heavy (non-hydrogen) atoms. The SMILES string of the molecule is CC[C@@H]1C[C@@H](N=[N+]=[N-])CN1C. The molecule has 0 spiro atoms. The summed E-state index contributed by atoms with van der Waals surface area (Å²) in [6.07, 6.45) is 2.17.